The lowest BCUT2D eigenvalue weighted by molar-refractivity contribution is 0.634. The first-order chi connectivity index (χ1) is 4.16. The van der Waals surface area contributed by atoms with Crippen LogP contribution < -0.4 is 0 Å². The standard InChI is InChI=1S/C7H12Cl2/c1-3-4-6(2)5-7(8)9/h5-6H,3-4H2,1-2H3. The minimum absolute atomic E-state index is 0.385. The Bertz CT molecular complexity index is 93.1. The topological polar surface area (TPSA) is 0 Å². The van der Waals surface area contributed by atoms with E-state index in [0.29, 0.717) is 10.4 Å². The summed E-state index contributed by atoms with van der Waals surface area (Å²) in [5, 5.41) is 0. The van der Waals surface area contributed by atoms with Crippen LogP contribution in [0.25, 0.3) is 0 Å². The predicted octanol–water partition coefficient (Wildman–Crippen LogP) is 3.74. The average Bonchev–Trinajstić information content (AvgIpc) is 1.63. The van der Waals surface area contributed by atoms with Gasteiger partial charge in [-0.3, -0.25) is 0 Å². The molecule has 0 aliphatic heterocycles. The van der Waals surface area contributed by atoms with Crippen molar-refractivity contribution in [3.8, 4) is 0 Å². The van der Waals surface area contributed by atoms with Gasteiger partial charge in [0.25, 0.3) is 0 Å². The largest absolute Gasteiger partial charge is 0.103 e. The summed E-state index contributed by atoms with van der Waals surface area (Å²) in [6.45, 7) is 4.25. The summed E-state index contributed by atoms with van der Waals surface area (Å²) >= 11 is 10.9. The molecule has 0 amide bonds. The van der Waals surface area contributed by atoms with E-state index in [1.165, 1.54) is 6.42 Å². The van der Waals surface area contributed by atoms with Crippen LogP contribution in [0.1, 0.15) is 26.7 Å². The second-order valence-corrected chi connectivity index (χ2v) is 3.23. The van der Waals surface area contributed by atoms with Gasteiger partial charge in [-0.25, -0.2) is 0 Å². The minimum atomic E-state index is 0.385. The van der Waals surface area contributed by atoms with Crippen LogP contribution in [0.15, 0.2) is 10.6 Å². The van der Waals surface area contributed by atoms with Gasteiger partial charge in [0.15, 0.2) is 0 Å². The Morgan fingerprint density at radius 2 is 2.11 bits per heavy atom. The van der Waals surface area contributed by atoms with E-state index in [1.54, 1.807) is 0 Å². The zero-order valence-electron chi connectivity index (χ0n) is 5.82. The van der Waals surface area contributed by atoms with Gasteiger partial charge < -0.3 is 0 Å². The maximum Gasteiger partial charge on any atom is 0.103 e. The lowest BCUT2D eigenvalue weighted by Crippen LogP contribution is -1.86. The summed E-state index contributed by atoms with van der Waals surface area (Å²) < 4.78 is 0.385. The molecule has 9 heavy (non-hydrogen) atoms. The zero-order chi connectivity index (χ0) is 7.28. The highest BCUT2D eigenvalue weighted by molar-refractivity contribution is 6.55. The Morgan fingerprint density at radius 3 is 2.44 bits per heavy atom. The van der Waals surface area contributed by atoms with Gasteiger partial charge in [-0.15, -0.1) is 0 Å². The molecule has 0 N–H and O–H groups in total. The van der Waals surface area contributed by atoms with Crippen molar-refractivity contribution in [3.63, 3.8) is 0 Å². The molecule has 0 spiro atoms. The second-order valence-electron chi connectivity index (χ2n) is 2.22. The van der Waals surface area contributed by atoms with E-state index in [1.807, 2.05) is 6.08 Å². The molecule has 0 fully saturated rings. The Morgan fingerprint density at radius 1 is 1.56 bits per heavy atom. The third-order valence-corrected chi connectivity index (χ3v) is 1.41. The normalized spacial score (nSPS) is 12.9. The quantitative estimate of drug-likeness (QED) is 0.600. The van der Waals surface area contributed by atoms with Crippen molar-refractivity contribution in [2.24, 2.45) is 5.92 Å². The minimum Gasteiger partial charge on any atom is -0.0712 e. The predicted molar refractivity (Wildman–Crippen MR) is 43.9 cm³/mol. The molecule has 1 atom stereocenters. The summed E-state index contributed by atoms with van der Waals surface area (Å²) in [7, 11) is 0. The third-order valence-electron chi connectivity index (χ3n) is 1.15. The van der Waals surface area contributed by atoms with Gasteiger partial charge >= 0.3 is 0 Å². The first-order valence-corrected chi connectivity index (χ1v) is 3.95. The van der Waals surface area contributed by atoms with E-state index in [4.69, 9.17) is 23.2 Å². The molecule has 0 radical (unpaired) electrons. The molecule has 54 valence electrons. The highest BCUT2D eigenvalue weighted by Gasteiger charge is 1.95. The Kier molecular flexibility index (Phi) is 5.31. The number of hydrogen-bond acceptors (Lipinski definition) is 0. The van der Waals surface area contributed by atoms with E-state index in [0.717, 1.165) is 6.42 Å². The van der Waals surface area contributed by atoms with Crippen molar-refractivity contribution in [3.05, 3.63) is 10.6 Å². The van der Waals surface area contributed by atoms with Gasteiger partial charge in [0.2, 0.25) is 0 Å². The molecule has 0 aromatic carbocycles. The summed E-state index contributed by atoms with van der Waals surface area (Å²) in [4.78, 5) is 0. The fourth-order valence-corrected chi connectivity index (χ4v) is 1.18. The monoisotopic (exact) mass is 166 g/mol. The summed E-state index contributed by atoms with van der Waals surface area (Å²) in [5.41, 5.74) is 0. The smallest absolute Gasteiger partial charge is 0.0712 e. The van der Waals surface area contributed by atoms with E-state index in [-0.39, 0.29) is 0 Å². The Labute approximate surface area is 66.8 Å². The Hall–Kier alpha value is 0.320. The number of allylic oxidation sites excluding steroid dienone is 1. The van der Waals surface area contributed by atoms with E-state index >= 15 is 0 Å². The molecular formula is C7H12Cl2. The van der Waals surface area contributed by atoms with Crippen LogP contribution in [0.4, 0.5) is 0 Å². The maximum atomic E-state index is 5.43. The molecule has 0 bridgehead atoms. The van der Waals surface area contributed by atoms with Crippen molar-refractivity contribution in [2.75, 3.05) is 0 Å². The van der Waals surface area contributed by atoms with Crippen LogP contribution in [0.5, 0.6) is 0 Å². The third kappa shape index (κ3) is 6.20. The Balaban J connectivity index is 3.49. The number of hydrogen-bond donors (Lipinski definition) is 0. The molecule has 0 nitrogen and oxygen atoms in total. The van der Waals surface area contributed by atoms with Gasteiger partial charge in [0.05, 0.1) is 0 Å². The van der Waals surface area contributed by atoms with Crippen molar-refractivity contribution in [2.45, 2.75) is 26.7 Å². The van der Waals surface area contributed by atoms with Gasteiger partial charge in [0.1, 0.15) is 4.49 Å². The van der Waals surface area contributed by atoms with Crippen LogP contribution in [0.2, 0.25) is 0 Å². The second kappa shape index (κ2) is 5.13. The first-order valence-electron chi connectivity index (χ1n) is 3.19. The first kappa shape index (κ1) is 9.32. The molecular weight excluding hydrogens is 155 g/mol. The fourth-order valence-electron chi connectivity index (χ4n) is 0.754. The lowest BCUT2D eigenvalue weighted by Gasteiger charge is -2.00. The summed E-state index contributed by atoms with van der Waals surface area (Å²) in [5.74, 6) is 0.514. The molecule has 0 aliphatic rings. The zero-order valence-corrected chi connectivity index (χ0v) is 7.34. The summed E-state index contributed by atoms with van der Waals surface area (Å²) in [6, 6.07) is 0. The van der Waals surface area contributed by atoms with Crippen LogP contribution in [0, 0.1) is 5.92 Å². The highest BCUT2D eigenvalue weighted by Crippen LogP contribution is 2.14. The van der Waals surface area contributed by atoms with Crippen molar-refractivity contribution < 1.29 is 0 Å². The molecule has 0 saturated carbocycles. The average molecular weight is 167 g/mol. The molecule has 0 rings (SSSR count). The van der Waals surface area contributed by atoms with Crippen LogP contribution in [-0.4, -0.2) is 0 Å². The lowest BCUT2D eigenvalue weighted by atomic mass is 10.1. The summed E-state index contributed by atoms with van der Waals surface area (Å²) in [6.07, 6.45) is 4.20. The molecule has 2 heteroatoms. The van der Waals surface area contributed by atoms with Crippen molar-refractivity contribution in [1.29, 1.82) is 0 Å². The van der Waals surface area contributed by atoms with E-state index in [2.05, 4.69) is 13.8 Å². The molecule has 0 heterocycles. The van der Waals surface area contributed by atoms with Crippen LogP contribution in [-0.2, 0) is 0 Å². The molecule has 0 aromatic rings. The molecule has 1 unspecified atom stereocenters. The van der Waals surface area contributed by atoms with Gasteiger partial charge in [-0.1, -0.05) is 49.5 Å². The van der Waals surface area contributed by atoms with Crippen LogP contribution >= 0.6 is 23.2 Å². The SMILES string of the molecule is CCCC(C)C=C(Cl)Cl. The number of halogens is 2. The fraction of sp³-hybridized carbons (Fsp3) is 0.714. The van der Waals surface area contributed by atoms with E-state index < -0.39 is 0 Å². The molecule has 0 aliphatic carbocycles. The van der Waals surface area contributed by atoms with Gasteiger partial charge in [-0.05, 0) is 12.3 Å². The maximum absolute atomic E-state index is 5.43. The van der Waals surface area contributed by atoms with Crippen molar-refractivity contribution >= 4 is 23.2 Å². The number of rotatable bonds is 3. The van der Waals surface area contributed by atoms with Crippen molar-refractivity contribution in [1.82, 2.24) is 0 Å². The van der Waals surface area contributed by atoms with Gasteiger partial charge in [0, 0.05) is 0 Å². The van der Waals surface area contributed by atoms with E-state index in [9.17, 15) is 0 Å². The highest BCUT2D eigenvalue weighted by atomic mass is 35.5. The molecule has 0 saturated heterocycles. The van der Waals surface area contributed by atoms with Crippen LogP contribution in [0.3, 0.4) is 0 Å². The van der Waals surface area contributed by atoms with Gasteiger partial charge in [-0.2, -0.15) is 0 Å². The molecule has 0 aromatic heterocycles.